The molecular formula is C32H35N2+. The van der Waals surface area contributed by atoms with Gasteiger partial charge in [0.15, 0.2) is 6.20 Å². The van der Waals surface area contributed by atoms with Crippen LogP contribution >= 0.6 is 0 Å². The van der Waals surface area contributed by atoms with E-state index >= 15 is 0 Å². The Labute approximate surface area is 202 Å². The fourth-order valence-electron chi connectivity index (χ4n) is 6.38. The fraction of sp³-hybridized carbons (Fsp3) is 0.344. The van der Waals surface area contributed by atoms with E-state index in [2.05, 4.69) is 104 Å². The van der Waals surface area contributed by atoms with Crippen LogP contribution in [0.3, 0.4) is 0 Å². The molecule has 0 radical (unpaired) electrons. The van der Waals surface area contributed by atoms with Crippen LogP contribution < -0.4 is 4.57 Å². The molecule has 1 aliphatic carbocycles. The first-order chi connectivity index (χ1) is 16.5. The molecule has 3 aromatic carbocycles. The third-order valence-corrected chi connectivity index (χ3v) is 8.07. The molecule has 1 aliphatic rings. The summed E-state index contributed by atoms with van der Waals surface area (Å²) in [6.07, 6.45) is 9.08. The number of para-hydroxylation sites is 1. The highest BCUT2D eigenvalue weighted by Crippen LogP contribution is 2.39. The number of hydrogen-bond acceptors (Lipinski definition) is 0. The molecule has 1 saturated carbocycles. The Bertz CT molecular complexity index is 1530. The lowest BCUT2D eigenvalue weighted by Gasteiger charge is -2.22. The van der Waals surface area contributed by atoms with Crippen LogP contribution in [0.2, 0.25) is 0 Å². The topological polar surface area (TPSA) is 8.81 Å². The summed E-state index contributed by atoms with van der Waals surface area (Å²) in [4.78, 5) is 0. The van der Waals surface area contributed by atoms with E-state index in [-0.39, 0.29) is 0 Å². The monoisotopic (exact) mass is 447 g/mol. The fourth-order valence-corrected chi connectivity index (χ4v) is 6.38. The summed E-state index contributed by atoms with van der Waals surface area (Å²) in [7, 11) is 2.19. The van der Waals surface area contributed by atoms with Crippen LogP contribution in [0.4, 0.5) is 0 Å². The molecule has 2 heterocycles. The first-order valence-corrected chi connectivity index (χ1v) is 13.0. The average molecular weight is 448 g/mol. The van der Waals surface area contributed by atoms with Crippen molar-refractivity contribution in [3.63, 3.8) is 0 Å². The minimum absolute atomic E-state index is 0.400. The molecule has 5 aromatic rings. The highest BCUT2D eigenvalue weighted by molar-refractivity contribution is 6.10. The smallest absolute Gasteiger partial charge is 0.220 e. The Kier molecular flexibility index (Phi) is 5.21. The van der Waals surface area contributed by atoms with E-state index in [0.29, 0.717) is 6.04 Å². The first-order valence-electron chi connectivity index (χ1n) is 13.0. The molecule has 2 nitrogen and oxygen atoms in total. The largest absolute Gasteiger partial charge is 0.338 e. The van der Waals surface area contributed by atoms with Crippen LogP contribution in [-0.2, 0) is 7.05 Å². The zero-order chi connectivity index (χ0) is 23.4. The van der Waals surface area contributed by atoms with Crippen molar-refractivity contribution in [1.82, 2.24) is 4.57 Å². The van der Waals surface area contributed by atoms with Crippen LogP contribution in [0, 0.1) is 6.92 Å². The summed E-state index contributed by atoms with van der Waals surface area (Å²) in [5.41, 5.74) is 8.15. The molecular weight excluding hydrogens is 412 g/mol. The van der Waals surface area contributed by atoms with Gasteiger partial charge in [0, 0.05) is 28.4 Å². The van der Waals surface area contributed by atoms with Crippen molar-refractivity contribution >= 4 is 32.6 Å². The maximum atomic E-state index is 2.50. The minimum atomic E-state index is 0.400. The molecule has 0 spiro atoms. The van der Waals surface area contributed by atoms with Gasteiger partial charge in [-0.1, -0.05) is 49.6 Å². The molecule has 0 saturated heterocycles. The van der Waals surface area contributed by atoms with Gasteiger partial charge < -0.3 is 4.57 Å². The van der Waals surface area contributed by atoms with Crippen LogP contribution in [0.25, 0.3) is 43.8 Å². The Morgan fingerprint density at radius 3 is 2.41 bits per heavy atom. The summed E-state index contributed by atoms with van der Waals surface area (Å²) in [6, 6.07) is 23.6. The molecule has 0 unspecified atom stereocenters. The van der Waals surface area contributed by atoms with Crippen LogP contribution in [0.15, 0.2) is 66.9 Å². The van der Waals surface area contributed by atoms with E-state index in [1.54, 1.807) is 0 Å². The predicted molar refractivity (Wildman–Crippen MR) is 145 cm³/mol. The maximum absolute atomic E-state index is 2.50. The van der Waals surface area contributed by atoms with E-state index in [4.69, 9.17) is 0 Å². The highest BCUT2D eigenvalue weighted by atomic mass is 15.0. The van der Waals surface area contributed by atoms with E-state index in [9.17, 15) is 0 Å². The van der Waals surface area contributed by atoms with Crippen molar-refractivity contribution in [3.05, 3.63) is 78.0 Å². The van der Waals surface area contributed by atoms with Gasteiger partial charge >= 0.3 is 0 Å². The standard InChI is InChI=1S/C32H35N2/c1-21(2)34-30-13-9-8-12-27(30)29-18-22(3)28(20-31(29)34)32-26-15-14-24(23-10-6-5-7-11-23)19-25(26)16-17-33(32)4/h8-9,12-21,23H,5-7,10-11H2,1-4H3/q+1. The van der Waals surface area contributed by atoms with Gasteiger partial charge in [0.05, 0.1) is 16.5 Å². The van der Waals surface area contributed by atoms with Gasteiger partial charge in [-0.2, -0.15) is 0 Å². The van der Waals surface area contributed by atoms with Crippen molar-refractivity contribution in [2.75, 3.05) is 0 Å². The molecule has 172 valence electrons. The molecule has 0 bridgehead atoms. The molecule has 0 aliphatic heterocycles. The minimum Gasteiger partial charge on any atom is -0.338 e. The first kappa shape index (κ1) is 21.4. The summed E-state index contributed by atoms with van der Waals surface area (Å²) in [6.45, 7) is 6.84. The number of aromatic nitrogens is 2. The van der Waals surface area contributed by atoms with E-state index in [1.807, 2.05) is 0 Å². The Morgan fingerprint density at radius 1 is 0.824 bits per heavy atom. The van der Waals surface area contributed by atoms with E-state index in [0.717, 1.165) is 5.92 Å². The summed E-state index contributed by atoms with van der Waals surface area (Å²) < 4.78 is 4.80. The molecule has 2 heteroatoms. The second-order valence-electron chi connectivity index (χ2n) is 10.6. The van der Waals surface area contributed by atoms with Gasteiger partial charge in [0.25, 0.3) is 0 Å². The summed E-state index contributed by atoms with van der Waals surface area (Å²) in [5.74, 6) is 0.732. The van der Waals surface area contributed by atoms with Crippen molar-refractivity contribution in [3.8, 4) is 11.3 Å². The third kappa shape index (κ3) is 3.35. The van der Waals surface area contributed by atoms with E-state index in [1.165, 1.54) is 87.1 Å². The average Bonchev–Trinajstić information content (AvgIpc) is 3.17. The lowest BCUT2D eigenvalue weighted by Crippen LogP contribution is -2.30. The Morgan fingerprint density at radius 2 is 1.62 bits per heavy atom. The van der Waals surface area contributed by atoms with Gasteiger partial charge in [0.2, 0.25) is 5.69 Å². The number of benzene rings is 3. The van der Waals surface area contributed by atoms with Crippen LogP contribution in [0.1, 0.15) is 69.0 Å². The highest BCUT2D eigenvalue weighted by Gasteiger charge is 2.22. The summed E-state index contributed by atoms with van der Waals surface area (Å²) >= 11 is 0. The van der Waals surface area contributed by atoms with Crippen molar-refractivity contribution in [2.24, 2.45) is 7.05 Å². The predicted octanol–water partition coefficient (Wildman–Crippen LogP) is 8.38. The van der Waals surface area contributed by atoms with E-state index < -0.39 is 0 Å². The lowest BCUT2D eigenvalue weighted by atomic mass is 9.83. The van der Waals surface area contributed by atoms with Crippen molar-refractivity contribution in [2.45, 2.75) is 64.8 Å². The number of hydrogen-bond donors (Lipinski definition) is 0. The second-order valence-corrected chi connectivity index (χ2v) is 10.6. The maximum Gasteiger partial charge on any atom is 0.220 e. The molecule has 34 heavy (non-hydrogen) atoms. The molecule has 0 amide bonds. The number of fused-ring (bicyclic) bond motifs is 4. The van der Waals surface area contributed by atoms with Crippen LogP contribution in [-0.4, -0.2) is 4.57 Å². The van der Waals surface area contributed by atoms with Gasteiger partial charge in [-0.05, 0) is 80.3 Å². The third-order valence-electron chi connectivity index (χ3n) is 8.07. The molecule has 0 N–H and O–H groups in total. The molecule has 0 atom stereocenters. The number of nitrogens with zero attached hydrogens (tertiary/aromatic N) is 2. The number of aryl methyl sites for hydroxylation is 2. The summed E-state index contributed by atoms with van der Waals surface area (Å²) in [5, 5.41) is 5.41. The lowest BCUT2D eigenvalue weighted by molar-refractivity contribution is -0.659. The van der Waals surface area contributed by atoms with Gasteiger partial charge in [-0.3, -0.25) is 0 Å². The second kappa shape index (κ2) is 8.27. The zero-order valence-electron chi connectivity index (χ0n) is 20.9. The Balaban J connectivity index is 1.59. The number of rotatable bonds is 3. The van der Waals surface area contributed by atoms with Gasteiger partial charge in [-0.25, -0.2) is 4.57 Å². The van der Waals surface area contributed by atoms with Crippen molar-refractivity contribution < 1.29 is 4.57 Å². The van der Waals surface area contributed by atoms with Crippen LogP contribution in [0.5, 0.6) is 0 Å². The molecule has 6 rings (SSSR count). The Hall–Kier alpha value is -3.13. The van der Waals surface area contributed by atoms with Crippen molar-refractivity contribution in [1.29, 1.82) is 0 Å². The van der Waals surface area contributed by atoms with Gasteiger partial charge in [-0.15, -0.1) is 0 Å². The quantitative estimate of drug-likeness (QED) is 0.246. The van der Waals surface area contributed by atoms with Gasteiger partial charge in [0.1, 0.15) is 7.05 Å². The normalized spacial score (nSPS) is 15.2. The molecule has 1 fully saturated rings. The number of pyridine rings is 1. The molecule has 2 aromatic heterocycles. The SMILES string of the molecule is Cc1cc2c3ccccc3n(C(C)C)c2cc1-c1c2ccc(C3CCCCC3)cc2cc[n+]1C. The zero-order valence-corrected chi connectivity index (χ0v) is 20.9.